The molecule has 0 saturated heterocycles. The van der Waals surface area contributed by atoms with E-state index in [0.717, 1.165) is 5.56 Å². The van der Waals surface area contributed by atoms with Crippen LogP contribution >= 0.6 is 0 Å². The Bertz CT molecular complexity index is 453. The van der Waals surface area contributed by atoms with Crippen molar-refractivity contribution in [3.05, 3.63) is 53.6 Å². The van der Waals surface area contributed by atoms with Crippen molar-refractivity contribution in [2.24, 2.45) is 0 Å². The van der Waals surface area contributed by atoms with Crippen LogP contribution in [0.3, 0.4) is 0 Å². The van der Waals surface area contributed by atoms with Gasteiger partial charge in [-0.3, -0.25) is 4.68 Å². The van der Waals surface area contributed by atoms with E-state index in [1.165, 1.54) is 6.07 Å². The van der Waals surface area contributed by atoms with Gasteiger partial charge < -0.3 is 5.11 Å². The second-order valence-corrected chi connectivity index (χ2v) is 3.30. The number of hydrogen-bond acceptors (Lipinski definition) is 2. The Morgan fingerprint density at radius 2 is 2.13 bits per heavy atom. The van der Waals surface area contributed by atoms with Gasteiger partial charge in [0.05, 0.1) is 19.3 Å². The van der Waals surface area contributed by atoms with Crippen LogP contribution in [-0.2, 0) is 13.2 Å². The zero-order chi connectivity index (χ0) is 10.7. The Morgan fingerprint density at radius 1 is 1.33 bits per heavy atom. The minimum Gasteiger partial charge on any atom is -0.392 e. The highest BCUT2D eigenvalue weighted by Crippen LogP contribution is 2.08. The van der Waals surface area contributed by atoms with E-state index in [1.54, 1.807) is 35.3 Å². The first-order chi connectivity index (χ1) is 7.29. The molecule has 0 aliphatic rings. The zero-order valence-electron chi connectivity index (χ0n) is 8.10. The third kappa shape index (κ3) is 2.22. The molecule has 1 heterocycles. The lowest BCUT2D eigenvalue weighted by atomic mass is 10.2. The van der Waals surface area contributed by atoms with Crippen molar-refractivity contribution in [2.75, 3.05) is 0 Å². The topological polar surface area (TPSA) is 38.1 Å². The first kappa shape index (κ1) is 9.86. The summed E-state index contributed by atoms with van der Waals surface area (Å²) in [5, 5.41) is 12.9. The lowest BCUT2D eigenvalue weighted by molar-refractivity contribution is 0.281. The smallest absolute Gasteiger partial charge is 0.128 e. The summed E-state index contributed by atoms with van der Waals surface area (Å²) < 4.78 is 14.9. The van der Waals surface area contributed by atoms with Crippen molar-refractivity contribution < 1.29 is 9.50 Å². The molecule has 1 N–H and O–H groups in total. The maximum atomic E-state index is 13.3. The number of aliphatic hydroxyl groups excluding tert-OH is 1. The largest absolute Gasteiger partial charge is 0.392 e. The van der Waals surface area contributed by atoms with Crippen LogP contribution in [0, 0.1) is 5.82 Å². The van der Waals surface area contributed by atoms with Crippen LogP contribution in [0.1, 0.15) is 11.1 Å². The molecule has 0 unspecified atom stereocenters. The van der Waals surface area contributed by atoms with E-state index in [9.17, 15) is 4.39 Å². The molecule has 0 amide bonds. The molecular weight excluding hydrogens is 195 g/mol. The number of nitrogens with zero attached hydrogens (tertiary/aromatic N) is 2. The van der Waals surface area contributed by atoms with Gasteiger partial charge in [-0.25, -0.2) is 4.39 Å². The molecule has 0 saturated carbocycles. The summed E-state index contributed by atoms with van der Waals surface area (Å²) in [5.41, 5.74) is 1.32. The Morgan fingerprint density at radius 3 is 2.80 bits per heavy atom. The summed E-state index contributed by atoms with van der Waals surface area (Å²) in [7, 11) is 0. The van der Waals surface area contributed by atoms with Crippen LogP contribution in [-0.4, -0.2) is 14.9 Å². The van der Waals surface area contributed by atoms with Gasteiger partial charge in [-0.15, -0.1) is 0 Å². The number of hydrogen-bond donors (Lipinski definition) is 1. The van der Waals surface area contributed by atoms with Gasteiger partial charge in [0.15, 0.2) is 0 Å². The highest BCUT2D eigenvalue weighted by Gasteiger charge is 2.02. The number of halogens is 1. The van der Waals surface area contributed by atoms with Crippen molar-refractivity contribution >= 4 is 0 Å². The van der Waals surface area contributed by atoms with E-state index in [0.29, 0.717) is 12.1 Å². The molecule has 2 aromatic rings. The van der Waals surface area contributed by atoms with Gasteiger partial charge in [0.25, 0.3) is 0 Å². The second kappa shape index (κ2) is 4.23. The van der Waals surface area contributed by atoms with Crippen LogP contribution in [0.2, 0.25) is 0 Å². The monoisotopic (exact) mass is 206 g/mol. The van der Waals surface area contributed by atoms with E-state index in [-0.39, 0.29) is 12.4 Å². The quantitative estimate of drug-likeness (QED) is 0.827. The fourth-order valence-corrected chi connectivity index (χ4v) is 1.38. The van der Waals surface area contributed by atoms with E-state index in [1.807, 2.05) is 0 Å². The lowest BCUT2D eigenvalue weighted by Crippen LogP contribution is -2.01. The number of aliphatic hydroxyl groups is 1. The van der Waals surface area contributed by atoms with Gasteiger partial charge >= 0.3 is 0 Å². The van der Waals surface area contributed by atoms with Gasteiger partial charge in [0.2, 0.25) is 0 Å². The molecule has 15 heavy (non-hydrogen) atoms. The predicted molar refractivity (Wildman–Crippen MR) is 53.7 cm³/mol. The minimum atomic E-state index is -0.237. The van der Waals surface area contributed by atoms with Gasteiger partial charge in [-0.1, -0.05) is 18.2 Å². The summed E-state index contributed by atoms with van der Waals surface area (Å²) in [6, 6.07) is 6.58. The van der Waals surface area contributed by atoms with Crippen LogP contribution in [0.15, 0.2) is 36.7 Å². The molecule has 1 aromatic carbocycles. The fourth-order valence-electron chi connectivity index (χ4n) is 1.38. The average molecular weight is 206 g/mol. The summed E-state index contributed by atoms with van der Waals surface area (Å²) in [5.74, 6) is -0.237. The molecule has 1 aromatic heterocycles. The summed E-state index contributed by atoms with van der Waals surface area (Å²) in [4.78, 5) is 0. The Kier molecular flexibility index (Phi) is 2.78. The van der Waals surface area contributed by atoms with Gasteiger partial charge in [0, 0.05) is 17.3 Å². The van der Waals surface area contributed by atoms with Crippen LogP contribution in [0.25, 0.3) is 0 Å². The van der Waals surface area contributed by atoms with Crippen molar-refractivity contribution in [2.45, 2.75) is 13.2 Å². The first-order valence-corrected chi connectivity index (χ1v) is 4.65. The Balaban J connectivity index is 2.18. The van der Waals surface area contributed by atoms with E-state index < -0.39 is 0 Å². The third-order valence-electron chi connectivity index (χ3n) is 2.16. The molecule has 0 fully saturated rings. The maximum absolute atomic E-state index is 13.3. The molecule has 3 nitrogen and oxygen atoms in total. The number of benzene rings is 1. The van der Waals surface area contributed by atoms with Gasteiger partial charge in [-0.05, 0) is 6.07 Å². The molecule has 4 heteroatoms. The van der Waals surface area contributed by atoms with Crippen LogP contribution in [0.4, 0.5) is 4.39 Å². The molecular formula is C11H11FN2O. The minimum absolute atomic E-state index is 0.0444. The van der Waals surface area contributed by atoms with Gasteiger partial charge in [-0.2, -0.15) is 5.10 Å². The predicted octanol–water partition coefficient (Wildman–Crippen LogP) is 1.56. The van der Waals surface area contributed by atoms with E-state index >= 15 is 0 Å². The normalized spacial score (nSPS) is 10.5. The van der Waals surface area contributed by atoms with Crippen molar-refractivity contribution in [1.29, 1.82) is 0 Å². The summed E-state index contributed by atoms with van der Waals surface area (Å²) >= 11 is 0. The maximum Gasteiger partial charge on any atom is 0.128 e. The average Bonchev–Trinajstić information content (AvgIpc) is 2.69. The van der Waals surface area contributed by atoms with Gasteiger partial charge in [0.1, 0.15) is 5.82 Å². The Labute approximate surface area is 86.8 Å². The highest BCUT2D eigenvalue weighted by molar-refractivity contribution is 5.17. The second-order valence-electron chi connectivity index (χ2n) is 3.30. The molecule has 0 aliphatic carbocycles. The molecule has 0 radical (unpaired) electrons. The van der Waals surface area contributed by atoms with Crippen molar-refractivity contribution in [1.82, 2.24) is 9.78 Å². The fraction of sp³-hybridized carbons (Fsp3) is 0.182. The standard InChI is InChI=1S/C11H11FN2O/c12-11-4-2-1-3-10(11)7-14-6-9(8-15)5-13-14/h1-6,15H,7-8H2. The van der Waals surface area contributed by atoms with Crippen LogP contribution < -0.4 is 0 Å². The molecule has 2 rings (SSSR count). The van der Waals surface area contributed by atoms with Crippen molar-refractivity contribution in [3.63, 3.8) is 0 Å². The SMILES string of the molecule is OCc1cnn(Cc2ccccc2F)c1. The zero-order valence-corrected chi connectivity index (χ0v) is 8.10. The lowest BCUT2D eigenvalue weighted by Gasteiger charge is -2.02. The molecule has 78 valence electrons. The molecule has 0 spiro atoms. The molecule has 0 bridgehead atoms. The Hall–Kier alpha value is -1.68. The van der Waals surface area contributed by atoms with E-state index in [4.69, 9.17) is 5.11 Å². The molecule has 0 aliphatic heterocycles. The summed E-state index contributed by atoms with van der Waals surface area (Å²) in [6.45, 7) is 0.337. The highest BCUT2D eigenvalue weighted by atomic mass is 19.1. The van der Waals surface area contributed by atoms with Crippen LogP contribution in [0.5, 0.6) is 0 Å². The number of aromatic nitrogens is 2. The number of rotatable bonds is 3. The third-order valence-corrected chi connectivity index (χ3v) is 2.16. The first-order valence-electron chi connectivity index (χ1n) is 4.65. The van der Waals surface area contributed by atoms with Crippen molar-refractivity contribution in [3.8, 4) is 0 Å². The summed E-state index contributed by atoms with van der Waals surface area (Å²) in [6.07, 6.45) is 3.27. The molecule has 0 atom stereocenters. The van der Waals surface area contributed by atoms with E-state index in [2.05, 4.69) is 5.10 Å².